The van der Waals surface area contributed by atoms with Crippen molar-refractivity contribution in [2.75, 3.05) is 5.32 Å². The second-order valence-corrected chi connectivity index (χ2v) is 8.35. The number of amides is 2. The lowest BCUT2D eigenvalue weighted by Crippen LogP contribution is -2.15. The van der Waals surface area contributed by atoms with E-state index in [2.05, 4.69) is 36.2 Å². The lowest BCUT2D eigenvalue weighted by atomic mass is 9.87. The van der Waals surface area contributed by atoms with E-state index in [-0.39, 0.29) is 11.3 Å². The summed E-state index contributed by atoms with van der Waals surface area (Å²) in [5.41, 5.74) is 9.60. The Morgan fingerprint density at radius 2 is 1.58 bits per heavy atom. The number of hydrogen-bond acceptors (Lipinski definition) is 4. The zero-order valence-corrected chi connectivity index (χ0v) is 17.6. The van der Waals surface area contributed by atoms with E-state index in [0.29, 0.717) is 22.6 Å². The molecule has 156 valence electrons. The Morgan fingerprint density at radius 3 is 2.19 bits per heavy atom. The largest absolute Gasteiger partial charge is 0.366 e. The molecule has 3 N–H and O–H groups in total. The first-order valence-corrected chi connectivity index (χ1v) is 9.89. The average molecular weight is 413 g/mol. The number of nitrogens with two attached hydrogens (primary N) is 1. The van der Waals surface area contributed by atoms with Gasteiger partial charge in [-0.3, -0.25) is 9.59 Å². The molecule has 0 aliphatic rings. The van der Waals surface area contributed by atoms with Crippen molar-refractivity contribution >= 4 is 23.3 Å². The molecule has 0 atom stereocenters. The van der Waals surface area contributed by atoms with Gasteiger partial charge < -0.3 is 11.1 Å². The molecule has 0 saturated heterocycles. The maximum atomic E-state index is 12.8. The molecule has 7 heteroatoms. The van der Waals surface area contributed by atoms with Gasteiger partial charge in [0, 0.05) is 28.8 Å². The minimum Gasteiger partial charge on any atom is -0.366 e. The SMILES string of the molecule is CC(C)(C)c1ccc(C(=O)Nc2cc(-c3ccc(C(N)=O)cc3)n3nccc3n2)cc1. The molecular formula is C24H23N5O2. The summed E-state index contributed by atoms with van der Waals surface area (Å²) in [7, 11) is 0. The van der Waals surface area contributed by atoms with Crippen LogP contribution in [0.2, 0.25) is 0 Å². The number of anilines is 1. The quantitative estimate of drug-likeness (QED) is 0.527. The summed E-state index contributed by atoms with van der Waals surface area (Å²) in [6, 6.07) is 18.0. The molecule has 0 fully saturated rings. The van der Waals surface area contributed by atoms with Crippen LogP contribution in [0, 0.1) is 0 Å². The zero-order chi connectivity index (χ0) is 22.2. The highest BCUT2D eigenvalue weighted by Crippen LogP contribution is 2.25. The first-order chi connectivity index (χ1) is 14.7. The molecule has 0 saturated carbocycles. The van der Waals surface area contributed by atoms with Crippen LogP contribution >= 0.6 is 0 Å². The normalized spacial score (nSPS) is 11.5. The van der Waals surface area contributed by atoms with Crippen molar-refractivity contribution in [3.8, 4) is 11.3 Å². The molecule has 0 unspecified atom stereocenters. The molecule has 0 radical (unpaired) electrons. The number of hydrogen-bond donors (Lipinski definition) is 2. The molecule has 4 aromatic rings. The predicted octanol–water partition coefficient (Wildman–Crippen LogP) is 4.05. The van der Waals surface area contributed by atoms with Crippen molar-refractivity contribution in [2.24, 2.45) is 5.73 Å². The number of nitrogens with zero attached hydrogens (tertiary/aromatic N) is 3. The summed E-state index contributed by atoms with van der Waals surface area (Å²) in [6.07, 6.45) is 1.64. The summed E-state index contributed by atoms with van der Waals surface area (Å²) < 4.78 is 1.67. The maximum absolute atomic E-state index is 12.8. The monoisotopic (exact) mass is 413 g/mol. The van der Waals surface area contributed by atoms with E-state index in [0.717, 1.165) is 16.8 Å². The Labute approximate surface area is 179 Å². The Balaban J connectivity index is 1.65. The van der Waals surface area contributed by atoms with Gasteiger partial charge in [0.1, 0.15) is 5.82 Å². The van der Waals surface area contributed by atoms with Crippen molar-refractivity contribution in [1.82, 2.24) is 14.6 Å². The predicted molar refractivity (Wildman–Crippen MR) is 120 cm³/mol. The Hall–Kier alpha value is -4.00. The average Bonchev–Trinajstić information content (AvgIpc) is 3.21. The highest BCUT2D eigenvalue weighted by Gasteiger charge is 2.16. The van der Waals surface area contributed by atoms with E-state index in [4.69, 9.17) is 5.73 Å². The molecule has 2 heterocycles. The first kappa shape index (κ1) is 20.3. The smallest absolute Gasteiger partial charge is 0.256 e. The highest BCUT2D eigenvalue weighted by molar-refractivity contribution is 6.04. The molecule has 2 aromatic heterocycles. The van der Waals surface area contributed by atoms with E-state index < -0.39 is 5.91 Å². The second-order valence-electron chi connectivity index (χ2n) is 8.35. The van der Waals surface area contributed by atoms with Crippen LogP contribution in [-0.2, 0) is 5.41 Å². The van der Waals surface area contributed by atoms with Crippen LogP contribution in [-0.4, -0.2) is 26.4 Å². The minimum absolute atomic E-state index is 0.0164. The molecule has 0 spiro atoms. The van der Waals surface area contributed by atoms with E-state index >= 15 is 0 Å². The second kappa shape index (κ2) is 7.68. The van der Waals surface area contributed by atoms with Crippen molar-refractivity contribution < 1.29 is 9.59 Å². The van der Waals surface area contributed by atoms with Crippen LogP contribution in [0.15, 0.2) is 66.9 Å². The van der Waals surface area contributed by atoms with E-state index in [9.17, 15) is 9.59 Å². The van der Waals surface area contributed by atoms with Gasteiger partial charge in [0.15, 0.2) is 5.65 Å². The van der Waals surface area contributed by atoms with E-state index in [1.165, 1.54) is 0 Å². The van der Waals surface area contributed by atoms with Gasteiger partial charge >= 0.3 is 0 Å². The lowest BCUT2D eigenvalue weighted by Gasteiger charge is -2.19. The van der Waals surface area contributed by atoms with Gasteiger partial charge in [0.25, 0.3) is 5.91 Å². The summed E-state index contributed by atoms with van der Waals surface area (Å²) in [6.45, 7) is 6.39. The standard InChI is InChI=1S/C24H23N5O2/c1-24(2,3)18-10-8-17(9-11-18)23(31)28-20-14-19(29-21(27-20)12-13-26-29)15-4-6-16(7-5-15)22(25)30/h4-14H,1-3H3,(H2,25,30)(H,27,28,31). The summed E-state index contributed by atoms with van der Waals surface area (Å²) in [5, 5.41) is 7.19. The summed E-state index contributed by atoms with van der Waals surface area (Å²) >= 11 is 0. The molecule has 7 nitrogen and oxygen atoms in total. The van der Waals surface area contributed by atoms with Crippen molar-refractivity contribution in [3.63, 3.8) is 0 Å². The van der Waals surface area contributed by atoms with Crippen LogP contribution in [0.4, 0.5) is 5.82 Å². The maximum Gasteiger partial charge on any atom is 0.256 e. The highest BCUT2D eigenvalue weighted by atomic mass is 16.2. The van der Waals surface area contributed by atoms with Crippen molar-refractivity contribution in [1.29, 1.82) is 0 Å². The van der Waals surface area contributed by atoms with Gasteiger partial charge in [-0.2, -0.15) is 5.10 Å². The van der Waals surface area contributed by atoms with Crippen LogP contribution in [0.5, 0.6) is 0 Å². The fraction of sp³-hybridized carbons (Fsp3) is 0.167. The van der Waals surface area contributed by atoms with Gasteiger partial charge in [-0.05, 0) is 35.2 Å². The number of rotatable bonds is 4. The molecule has 31 heavy (non-hydrogen) atoms. The van der Waals surface area contributed by atoms with Crippen LogP contribution in [0.3, 0.4) is 0 Å². The van der Waals surface area contributed by atoms with Gasteiger partial charge in [-0.1, -0.05) is 45.0 Å². The van der Waals surface area contributed by atoms with Crippen LogP contribution in [0.25, 0.3) is 16.9 Å². The number of benzene rings is 2. The van der Waals surface area contributed by atoms with Crippen molar-refractivity contribution in [3.05, 3.63) is 83.6 Å². The number of primary amides is 1. The Kier molecular flexibility index (Phi) is 5.02. The number of fused-ring (bicyclic) bond motifs is 1. The summed E-state index contributed by atoms with van der Waals surface area (Å²) in [4.78, 5) is 28.6. The third-order valence-corrected chi connectivity index (χ3v) is 5.08. The number of aromatic nitrogens is 3. The lowest BCUT2D eigenvalue weighted by molar-refractivity contribution is 0.0997. The van der Waals surface area contributed by atoms with Gasteiger partial charge in [-0.25, -0.2) is 9.50 Å². The minimum atomic E-state index is -0.490. The van der Waals surface area contributed by atoms with Crippen LogP contribution < -0.4 is 11.1 Å². The third kappa shape index (κ3) is 4.16. The molecule has 0 aliphatic carbocycles. The Bertz CT molecular complexity index is 1270. The molecule has 4 rings (SSSR count). The fourth-order valence-corrected chi connectivity index (χ4v) is 3.30. The third-order valence-electron chi connectivity index (χ3n) is 5.08. The fourth-order valence-electron chi connectivity index (χ4n) is 3.30. The van der Waals surface area contributed by atoms with Gasteiger partial charge in [-0.15, -0.1) is 0 Å². The molecule has 2 aromatic carbocycles. The first-order valence-electron chi connectivity index (χ1n) is 9.89. The van der Waals surface area contributed by atoms with E-state index in [1.807, 2.05) is 24.3 Å². The molecule has 0 bridgehead atoms. The number of nitrogens with one attached hydrogen (secondary N) is 1. The van der Waals surface area contributed by atoms with Crippen LogP contribution in [0.1, 0.15) is 47.1 Å². The van der Waals surface area contributed by atoms with E-state index in [1.54, 1.807) is 47.1 Å². The zero-order valence-electron chi connectivity index (χ0n) is 17.6. The topological polar surface area (TPSA) is 102 Å². The number of carbonyl (C=O) groups is 2. The van der Waals surface area contributed by atoms with Crippen molar-refractivity contribution in [2.45, 2.75) is 26.2 Å². The Morgan fingerprint density at radius 1 is 0.935 bits per heavy atom. The molecule has 2 amide bonds. The molecular weight excluding hydrogens is 390 g/mol. The van der Waals surface area contributed by atoms with Gasteiger partial charge in [0.05, 0.1) is 11.9 Å². The van der Waals surface area contributed by atoms with Gasteiger partial charge in [0.2, 0.25) is 5.91 Å². The molecule has 0 aliphatic heterocycles. The number of carbonyl (C=O) groups excluding carboxylic acids is 2. The summed E-state index contributed by atoms with van der Waals surface area (Å²) in [5.74, 6) is -0.324.